The third-order valence-electron chi connectivity index (χ3n) is 12.2. The summed E-state index contributed by atoms with van der Waals surface area (Å²) in [7, 11) is 4.95. The molecule has 0 bridgehead atoms. The van der Waals surface area contributed by atoms with E-state index in [-0.39, 0.29) is 38.5 Å². The Balaban J connectivity index is 2.19. The van der Waals surface area contributed by atoms with Gasteiger partial charge in [-0.25, -0.2) is 0 Å². The second kappa shape index (κ2) is 28.3. The van der Waals surface area contributed by atoms with Crippen molar-refractivity contribution in [1.82, 2.24) is 4.90 Å². The predicted octanol–water partition coefficient (Wildman–Crippen LogP) is 5.64. The zero-order chi connectivity index (χ0) is 50.0. The summed E-state index contributed by atoms with van der Waals surface area (Å²) in [4.78, 5) is 79.5. The molecule has 0 N–H and O–H groups in total. The van der Waals surface area contributed by atoms with E-state index in [1.54, 1.807) is 73.9 Å². The van der Waals surface area contributed by atoms with Gasteiger partial charge in [0.05, 0.1) is 36.7 Å². The van der Waals surface area contributed by atoms with Crippen LogP contribution in [0.2, 0.25) is 0 Å². The highest BCUT2D eigenvalue weighted by Crippen LogP contribution is 2.40. The second-order valence-electron chi connectivity index (χ2n) is 17.9. The summed E-state index contributed by atoms with van der Waals surface area (Å²) < 4.78 is 68.8. The van der Waals surface area contributed by atoms with Gasteiger partial charge in [-0.2, -0.15) is 0 Å². The van der Waals surface area contributed by atoms with E-state index in [1.807, 2.05) is 31.1 Å². The number of likely N-dealkylation sites (N-methyl/N-ethyl adjacent to an activating group) is 1. The minimum absolute atomic E-state index is 0.0269. The van der Waals surface area contributed by atoms with Crippen molar-refractivity contribution in [3.05, 3.63) is 24.3 Å². The zero-order valence-corrected chi connectivity index (χ0v) is 42.5. The molecule has 3 aliphatic rings. The Bertz CT molecular complexity index is 1660. The molecule has 3 rings (SSSR count). The molecule has 3 aliphatic heterocycles. The van der Waals surface area contributed by atoms with Crippen molar-refractivity contribution in [3.8, 4) is 0 Å². The first kappa shape index (κ1) is 57.9. The number of esters is 5. The van der Waals surface area contributed by atoms with Crippen molar-refractivity contribution in [2.75, 3.05) is 33.4 Å². The molecule has 0 aliphatic carbocycles. The first-order valence-corrected chi connectivity index (χ1v) is 24.8. The fourth-order valence-corrected chi connectivity index (χ4v) is 9.20. The van der Waals surface area contributed by atoms with Gasteiger partial charge in [0.1, 0.15) is 42.4 Å². The van der Waals surface area contributed by atoms with Crippen LogP contribution in [0, 0.1) is 11.8 Å². The molecule has 0 aromatic heterocycles. The first-order valence-electron chi connectivity index (χ1n) is 23.4. The third-order valence-corrected chi connectivity index (χ3v) is 12.5. The Kier molecular flexibility index (Phi) is 24.4. The standard InChI is InChI=1S/C48H77NO17S/c1-14-36(52)62-34-21-19-17-18-20-29(5)58-39(55)25-35(63-37(53)15-2)44(56-12)43(33(22-23-50)24-28(34)4)66-47-45(61-32(8)51)41(49(10)11)42(30(6)60-47)65-40-26-48(9,57-27-67-13)46(31(7)59-40)64-38(54)16-3/h17-19,21,23,28-31,33-35,40-47H,14-16,20,22,24-27H2,1-13H3/b18-17+,21-19+/t28-,29-,30-,31+,33+,34+,35-,40+,41+,42-,43+,44+,45-,46+,47+,48-/m1/s1. The van der Waals surface area contributed by atoms with Gasteiger partial charge < -0.3 is 61.8 Å². The monoisotopic (exact) mass is 971 g/mol. The van der Waals surface area contributed by atoms with E-state index in [1.165, 1.54) is 25.8 Å². The van der Waals surface area contributed by atoms with E-state index in [4.69, 9.17) is 52.1 Å². The van der Waals surface area contributed by atoms with E-state index >= 15 is 0 Å². The van der Waals surface area contributed by atoms with Crippen LogP contribution in [0.5, 0.6) is 0 Å². The van der Waals surface area contributed by atoms with E-state index in [2.05, 4.69) is 0 Å². The van der Waals surface area contributed by atoms with Gasteiger partial charge in [0.15, 0.2) is 24.8 Å². The molecule has 0 aromatic rings. The smallest absolute Gasteiger partial charge is 0.309 e. The van der Waals surface area contributed by atoms with Crippen molar-refractivity contribution in [1.29, 1.82) is 0 Å². The van der Waals surface area contributed by atoms with Gasteiger partial charge >= 0.3 is 29.8 Å². The Morgan fingerprint density at radius 3 is 2.12 bits per heavy atom. The van der Waals surface area contributed by atoms with Gasteiger partial charge in [-0.1, -0.05) is 45.9 Å². The fourth-order valence-electron chi connectivity index (χ4n) is 8.81. The summed E-state index contributed by atoms with van der Waals surface area (Å²) in [5.74, 6) is -3.63. The predicted molar refractivity (Wildman–Crippen MR) is 246 cm³/mol. The number of thioether (sulfide) groups is 1. The number of nitrogens with zero attached hydrogens (tertiary/aromatic N) is 1. The zero-order valence-electron chi connectivity index (χ0n) is 41.7. The van der Waals surface area contributed by atoms with Crippen LogP contribution in [0.4, 0.5) is 0 Å². The lowest BCUT2D eigenvalue weighted by Crippen LogP contribution is -2.66. The molecule has 67 heavy (non-hydrogen) atoms. The number of hydrogen-bond acceptors (Lipinski definition) is 19. The number of aldehydes is 1. The molecule has 2 saturated heterocycles. The molecule has 0 saturated carbocycles. The van der Waals surface area contributed by atoms with E-state index in [0.717, 1.165) is 6.29 Å². The Morgan fingerprint density at radius 2 is 1.52 bits per heavy atom. The average Bonchev–Trinajstić information content (AvgIpc) is 3.26. The Hall–Kier alpha value is -3.43. The van der Waals surface area contributed by atoms with Crippen LogP contribution in [0.15, 0.2) is 24.3 Å². The number of methoxy groups -OCH3 is 1. The van der Waals surface area contributed by atoms with Crippen LogP contribution in [0.25, 0.3) is 0 Å². The summed E-state index contributed by atoms with van der Waals surface area (Å²) in [6.07, 6.45) is -1.28. The number of cyclic esters (lactones) is 1. The summed E-state index contributed by atoms with van der Waals surface area (Å²) in [5, 5.41) is 0. The van der Waals surface area contributed by atoms with E-state index in [0.29, 0.717) is 12.4 Å². The van der Waals surface area contributed by atoms with Crippen molar-refractivity contribution in [2.45, 2.75) is 199 Å². The quantitative estimate of drug-likeness (QED) is 0.0704. The number of allylic oxidation sites excluding steroid dienone is 2. The Morgan fingerprint density at radius 1 is 0.866 bits per heavy atom. The largest absolute Gasteiger partial charge is 0.462 e. The minimum Gasteiger partial charge on any atom is -0.462 e. The first-order chi connectivity index (χ1) is 31.7. The summed E-state index contributed by atoms with van der Waals surface area (Å²) >= 11 is 1.47. The molecule has 0 aromatic carbocycles. The van der Waals surface area contributed by atoms with Gasteiger partial charge in [0, 0.05) is 52.6 Å². The normalized spacial score (nSPS) is 36.5. The highest BCUT2D eigenvalue weighted by Gasteiger charge is 2.55. The second-order valence-corrected chi connectivity index (χ2v) is 18.7. The van der Waals surface area contributed by atoms with Gasteiger partial charge in [0.2, 0.25) is 0 Å². The van der Waals surface area contributed by atoms with E-state index in [9.17, 15) is 28.8 Å². The van der Waals surface area contributed by atoms with Crippen molar-refractivity contribution in [3.63, 3.8) is 0 Å². The van der Waals surface area contributed by atoms with Crippen molar-refractivity contribution >= 4 is 47.9 Å². The molecule has 2 fully saturated rings. The number of ether oxygens (including phenoxy) is 11. The van der Waals surface area contributed by atoms with Crippen molar-refractivity contribution < 1.29 is 80.9 Å². The molecule has 19 heteroatoms. The highest BCUT2D eigenvalue weighted by molar-refractivity contribution is 7.98. The third kappa shape index (κ3) is 17.2. The van der Waals surface area contributed by atoms with Crippen LogP contribution in [0.1, 0.15) is 114 Å². The fraction of sp³-hybridized carbons (Fsp3) is 0.792. The van der Waals surface area contributed by atoms with Gasteiger partial charge in [-0.15, -0.1) is 11.8 Å². The van der Waals surface area contributed by atoms with Crippen LogP contribution < -0.4 is 0 Å². The van der Waals surface area contributed by atoms with Gasteiger partial charge in [-0.05, 0) is 72.4 Å². The maximum absolute atomic E-state index is 13.6. The molecule has 3 heterocycles. The average molecular weight is 972 g/mol. The molecule has 18 nitrogen and oxygen atoms in total. The number of carbonyl (C=O) groups excluding carboxylic acids is 6. The van der Waals surface area contributed by atoms with Crippen LogP contribution in [0.3, 0.4) is 0 Å². The van der Waals surface area contributed by atoms with Gasteiger partial charge in [-0.3, -0.25) is 24.0 Å². The van der Waals surface area contributed by atoms with E-state index < -0.39 is 133 Å². The lowest BCUT2D eigenvalue weighted by Gasteiger charge is -2.51. The number of hydrogen-bond donors (Lipinski definition) is 0. The maximum Gasteiger partial charge on any atom is 0.309 e. The van der Waals surface area contributed by atoms with Crippen LogP contribution in [-0.2, 0) is 80.9 Å². The number of carbonyl (C=O) groups is 6. The summed E-state index contributed by atoms with van der Waals surface area (Å²) in [6.45, 7) is 15.3. The highest BCUT2D eigenvalue weighted by atomic mass is 32.2. The summed E-state index contributed by atoms with van der Waals surface area (Å²) in [5.41, 5.74) is -1.00. The topological polar surface area (TPSA) is 207 Å². The molecule has 0 amide bonds. The molecule has 0 unspecified atom stereocenters. The van der Waals surface area contributed by atoms with Crippen LogP contribution in [-0.4, -0.2) is 160 Å². The molecule has 382 valence electrons. The number of rotatable bonds is 18. The minimum atomic E-state index is -1.36. The Labute approximate surface area is 401 Å². The molecule has 0 radical (unpaired) electrons. The molecular formula is C48H77NO17S. The maximum atomic E-state index is 13.6. The van der Waals surface area contributed by atoms with Crippen molar-refractivity contribution in [2.24, 2.45) is 11.8 Å². The SMILES string of the molecule is CCC(=O)O[C@H]1/C=C/C=C/C[C@@H](C)OC(=O)C[C@@H](OC(=O)CC)[C@H](OC)[C@@H](O[C@@H]2O[C@H](C)[C@@H](O[C@H]3C[C@@](C)(OCSC)[C@@H](OC(=O)CC)[C@H](C)O3)[C@H](N(C)C)[C@H]2OC(C)=O)[C@@H](CC=O)C[C@H]1C. The lowest BCUT2D eigenvalue weighted by atomic mass is 9.82. The molecular weight excluding hydrogens is 895 g/mol. The molecule has 0 spiro atoms. The van der Waals surface area contributed by atoms with Crippen LogP contribution >= 0.6 is 11.8 Å². The lowest BCUT2D eigenvalue weighted by molar-refractivity contribution is -0.346. The molecule has 16 atom stereocenters. The van der Waals surface area contributed by atoms with Gasteiger partial charge in [0.25, 0.3) is 0 Å². The summed E-state index contributed by atoms with van der Waals surface area (Å²) in [6, 6.07) is -0.762.